The molecule has 3 nitrogen and oxygen atoms in total. The molecule has 110 valence electrons. The minimum Gasteiger partial charge on any atom is -0.481 e. The van der Waals surface area contributed by atoms with Gasteiger partial charge >= 0.3 is 5.97 Å². The Bertz CT molecular complexity index is 289. The van der Waals surface area contributed by atoms with Gasteiger partial charge in [0, 0.05) is 6.04 Å². The standard InChI is InChI=1S/C16H29NO2/c1-17(2)15(12-6-4-3-5-7-12)13-8-10-14(11-9-13)16(18)19/h12-15H,3-11H2,1-2H3,(H,18,19). The summed E-state index contributed by atoms with van der Waals surface area (Å²) in [6.45, 7) is 0. The number of nitrogens with zero attached hydrogens (tertiary/aromatic N) is 1. The van der Waals surface area contributed by atoms with E-state index in [1.165, 1.54) is 32.1 Å². The van der Waals surface area contributed by atoms with E-state index in [1.807, 2.05) is 0 Å². The molecule has 2 aliphatic rings. The van der Waals surface area contributed by atoms with Crippen LogP contribution in [0, 0.1) is 17.8 Å². The zero-order chi connectivity index (χ0) is 13.8. The van der Waals surface area contributed by atoms with Gasteiger partial charge in [-0.15, -0.1) is 0 Å². The van der Waals surface area contributed by atoms with Crippen molar-refractivity contribution >= 4 is 5.97 Å². The van der Waals surface area contributed by atoms with Gasteiger partial charge in [-0.1, -0.05) is 19.3 Å². The van der Waals surface area contributed by atoms with Crippen LogP contribution in [0.3, 0.4) is 0 Å². The molecule has 0 aromatic carbocycles. The maximum atomic E-state index is 11.1. The number of rotatable bonds is 4. The lowest BCUT2D eigenvalue weighted by Gasteiger charge is -2.42. The molecule has 0 bridgehead atoms. The Morgan fingerprint density at radius 3 is 1.95 bits per heavy atom. The molecule has 0 radical (unpaired) electrons. The Balaban J connectivity index is 1.94. The summed E-state index contributed by atoms with van der Waals surface area (Å²) in [7, 11) is 4.42. The van der Waals surface area contributed by atoms with Crippen molar-refractivity contribution in [2.75, 3.05) is 14.1 Å². The summed E-state index contributed by atoms with van der Waals surface area (Å²) >= 11 is 0. The zero-order valence-corrected chi connectivity index (χ0v) is 12.5. The van der Waals surface area contributed by atoms with Gasteiger partial charge in [0.2, 0.25) is 0 Å². The summed E-state index contributed by atoms with van der Waals surface area (Å²) < 4.78 is 0. The highest BCUT2D eigenvalue weighted by Gasteiger charge is 2.35. The van der Waals surface area contributed by atoms with Crippen LogP contribution in [0.5, 0.6) is 0 Å². The molecule has 2 rings (SSSR count). The van der Waals surface area contributed by atoms with Crippen LogP contribution in [0.1, 0.15) is 57.8 Å². The Hall–Kier alpha value is -0.570. The molecule has 0 heterocycles. The second-order valence-corrected chi connectivity index (χ2v) is 6.80. The van der Waals surface area contributed by atoms with E-state index in [2.05, 4.69) is 19.0 Å². The summed E-state index contributed by atoms with van der Waals surface area (Å²) in [6.07, 6.45) is 10.9. The molecular formula is C16H29NO2. The van der Waals surface area contributed by atoms with Gasteiger partial charge in [-0.3, -0.25) is 4.79 Å². The lowest BCUT2D eigenvalue weighted by Crippen LogP contribution is -2.44. The maximum absolute atomic E-state index is 11.1. The molecule has 2 saturated carbocycles. The first kappa shape index (κ1) is 14.8. The minimum atomic E-state index is -0.586. The van der Waals surface area contributed by atoms with Gasteiger partial charge in [0.25, 0.3) is 0 Å². The van der Waals surface area contributed by atoms with Crippen LogP contribution in [0.4, 0.5) is 0 Å². The van der Waals surface area contributed by atoms with E-state index in [0.717, 1.165) is 31.6 Å². The van der Waals surface area contributed by atoms with Crippen LogP contribution in [0.15, 0.2) is 0 Å². The SMILES string of the molecule is CN(C)C(C1CCCCC1)C1CCC(C(=O)O)CC1. The zero-order valence-electron chi connectivity index (χ0n) is 12.5. The van der Waals surface area contributed by atoms with Crippen LogP contribution < -0.4 is 0 Å². The Morgan fingerprint density at radius 1 is 0.947 bits per heavy atom. The molecule has 1 atom stereocenters. The van der Waals surface area contributed by atoms with E-state index < -0.39 is 5.97 Å². The number of hydrogen-bond acceptors (Lipinski definition) is 2. The first-order valence-corrected chi connectivity index (χ1v) is 7.99. The predicted octanol–water partition coefficient (Wildman–Crippen LogP) is 3.39. The van der Waals surface area contributed by atoms with Crippen LogP contribution in [0.25, 0.3) is 0 Å². The van der Waals surface area contributed by atoms with E-state index in [9.17, 15) is 4.79 Å². The Labute approximate surface area is 117 Å². The summed E-state index contributed by atoms with van der Waals surface area (Å²) in [4.78, 5) is 13.5. The van der Waals surface area contributed by atoms with E-state index in [1.54, 1.807) is 0 Å². The van der Waals surface area contributed by atoms with Gasteiger partial charge in [-0.25, -0.2) is 0 Å². The van der Waals surface area contributed by atoms with Crippen molar-refractivity contribution < 1.29 is 9.90 Å². The van der Waals surface area contributed by atoms with Crippen LogP contribution in [0.2, 0.25) is 0 Å². The number of hydrogen-bond donors (Lipinski definition) is 1. The molecule has 0 aliphatic heterocycles. The second-order valence-electron chi connectivity index (χ2n) is 6.80. The fraction of sp³-hybridized carbons (Fsp3) is 0.938. The van der Waals surface area contributed by atoms with E-state index >= 15 is 0 Å². The molecular weight excluding hydrogens is 238 g/mol. The van der Waals surface area contributed by atoms with E-state index in [0.29, 0.717) is 12.0 Å². The highest BCUT2D eigenvalue weighted by molar-refractivity contribution is 5.69. The first-order valence-electron chi connectivity index (χ1n) is 7.99. The van der Waals surface area contributed by atoms with Crippen LogP contribution in [-0.4, -0.2) is 36.1 Å². The van der Waals surface area contributed by atoms with Gasteiger partial charge < -0.3 is 10.0 Å². The van der Waals surface area contributed by atoms with Crippen molar-refractivity contribution in [3.63, 3.8) is 0 Å². The van der Waals surface area contributed by atoms with Gasteiger partial charge in [0.1, 0.15) is 0 Å². The summed E-state index contributed by atoms with van der Waals surface area (Å²) in [5.74, 6) is 0.895. The Kier molecular flexibility index (Phi) is 5.26. The van der Waals surface area contributed by atoms with Crippen molar-refractivity contribution in [2.24, 2.45) is 17.8 Å². The van der Waals surface area contributed by atoms with Crippen LogP contribution in [-0.2, 0) is 4.79 Å². The van der Waals surface area contributed by atoms with Crippen molar-refractivity contribution in [2.45, 2.75) is 63.8 Å². The highest BCUT2D eigenvalue weighted by atomic mass is 16.4. The van der Waals surface area contributed by atoms with Crippen LogP contribution >= 0.6 is 0 Å². The molecule has 2 fully saturated rings. The van der Waals surface area contributed by atoms with Gasteiger partial charge in [-0.2, -0.15) is 0 Å². The quantitative estimate of drug-likeness (QED) is 0.849. The molecule has 0 saturated heterocycles. The van der Waals surface area contributed by atoms with E-state index in [-0.39, 0.29) is 5.92 Å². The fourth-order valence-electron chi connectivity index (χ4n) is 4.41. The third kappa shape index (κ3) is 3.71. The molecule has 19 heavy (non-hydrogen) atoms. The number of aliphatic carboxylic acids is 1. The summed E-state index contributed by atoms with van der Waals surface area (Å²) in [6, 6.07) is 0.676. The lowest BCUT2D eigenvalue weighted by molar-refractivity contribution is -0.143. The normalized spacial score (nSPS) is 31.3. The van der Waals surface area contributed by atoms with Crippen molar-refractivity contribution in [1.29, 1.82) is 0 Å². The molecule has 2 aliphatic carbocycles. The lowest BCUT2D eigenvalue weighted by atomic mass is 9.71. The largest absolute Gasteiger partial charge is 0.481 e. The average Bonchev–Trinajstić information content (AvgIpc) is 2.40. The summed E-state index contributed by atoms with van der Waals surface area (Å²) in [5, 5.41) is 9.11. The number of carboxylic acids is 1. The molecule has 0 aromatic rings. The highest BCUT2D eigenvalue weighted by Crippen LogP contribution is 2.39. The maximum Gasteiger partial charge on any atom is 0.306 e. The molecule has 1 N–H and O–H groups in total. The number of carboxylic acid groups (broad SMARTS) is 1. The number of carbonyl (C=O) groups is 1. The molecule has 0 spiro atoms. The smallest absolute Gasteiger partial charge is 0.306 e. The van der Waals surface area contributed by atoms with Crippen molar-refractivity contribution in [3.8, 4) is 0 Å². The first-order chi connectivity index (χ1) is 9.09. The predicted molar refractivity (Wildman–Crippen MR) is 77.1 cm³/mol. The molecule has 0 amide bonds. The van der Waals surface area contributed by atoms with Crippen molar-refractivity contribution in [1.82, 2.24) is 4.90 Å². The monoisotopic (exact) mass is 267 g/mol. The third-order valence-electron chi connectivity index (χ3n) is 5.33. The van der Waals surface area contributed by atoms with E-state index in [4.69, 9.17) is 5.11 Å². The summed E-state index contributed by atoms with van der Waals surface area (Å²) in [5.41, 5.74) is 0. The topological polar surface area (TPSA) is 40.5 Å². The third-order valence-corrected chi connectivity index (χ3v) is 5.33. The van der Waals surface area contributed by atoms with Crippen molar-refractivity contribution in [3.05, 3.63) is 0 Å². The fourth-order valence-corrected chi connectivity index (χ4v) is 4.41. The van der Waals surface area contributed by atoms with Gasteiger partial charge in [0.15, 0.2) is 0 Å². The van der Waals surface area contributed by atoms with Gasteiger partial charge in [0.05, 0.1) is 5.92 Å². The molecule has 1 unspecified atom stereocenters. The molecule has 3 heteroatoms. The second kappa shape index (κ2) is 6.74. The van der Waals surface area contributed by atoms with Gasteiger partial charge in [-0.05, 0) is 64.5 Å². The minimum absolute atomic E-state index is 0.0783. The Morgan fingerprint density at radius 2 is 1.47 bits per heavy atom. The average molecular weight is 267 g/mol. The molecule has 0 aromatic heterocycles.